The fourth-order valence-electron chi connectivity index (χ4n) is 6.09. The van der Waals surface area contributed by atoms with E-state index in [-0.39, 0.29) is 24.0 Å². The Morgan fingerprint density at radius 1 is 0.860 bits per heavy atom. The predicted molar refractivity (Wildman–Crippen MR) is 154 cm³/mol. The Hall–Kier alpha value is -4.08. The Kier molecular flexibility index (Phi) is 10.1. The van der Waals surface area contributed by atoms with Gasteiger partial charge >= 0.3 is 23.9 Å². The molecule has 0 bridgehead atoms. The Balaban J connectivity index is 2.29. The normalized spacial score (nSPS) is 31.5. The third kappa shape index (κ3) is 7.29. The lowest BCUT2D eigenvalue weighted by Gasteiger charge is -2.41. The van der Waals surface area contributed by atoms with E-state index in [0.717, 1.165) is 13.8 Å². The van der Waals surface area contributed by atoms with Crippen molar-refractivity contribution in [3.05, 3.63) is 60.2 Å². The highest BCUT2D eigenvalue weighted by Crippen LogP contribution is 2.50. The van der Waals surface area contributed by atoms with Crippen LogP contribution in [0.5, 0.6) is 0 Å². The minimum Gasteiger partial charge on any atom is -0.458 e. The summed E-state index contributed by atoms with van der Waals surface area (Å²) in [6.07, 6.45) is -0.970. The molecule has 1 fully saturated rings. The fraction of sp³-hybridized carbons (Fsp3) is 0.515. The van der Waals surface area contributed by atoms with Gasteiger partial charge in [0.15, 0.2) is 23.3 Å². The van der Waals surface area contributed by atoms with Crippen LogP contribution in [0.2, 0.25) is 0 Å². The van der Waals surface area contributed by atoms with Crippen LogP contribution in [0.1, 0.15) is 71.7 Å². The lowest BCUT2D eigenvalue weighted by atomic mass is 9.73. The summed E-state index contributed by atoms with van der Waals surface area (Å²) < 4.78 is 23.1. The number of esters is 4. The van der Waals surface area contributed by atoms with E-state index >= 15 is 0 Å². The Morgan fingerprint density at radius 2 is 1.47 bits per heavy atom. The highest BCUT2D eigenvalue weighted by atomic mass is 16.6. The number of fused-ring (bicyclic) bond motifs is 1. The van der Waals surface area contributed by atoms with Crippen molar-refractivity contribution >= 4 is 35.4 Å². The van der Waals surface area contributed by atoms with Crippen LogP contribution in [-0.2, 0) is 42.9 Å². The molecule has 0 saturated heterocycles. The zero-order chi connectivity index (χ0) is 32.3. The summed E-state index contributed by atoms with van der Waals surface area (Å²) in [4.78, 5) is 78.5. The Bertz CT molecular complexity index is 1330. The van der Waals surface area contributed by atoms with E-state index in [4.69, 9.17) is 18.9 Å². The summed E-state index contributed by atoms with van der Waals surface area (Å²) in [6.45, 7) is 14.2. The molecule has 43 heavy (non-hydrogen) atoms. The van der Waals surface area contributed by atoms with Crippen LogP contribution in [0, 0.1) is 23.2 Å². The van der Waals surface area contributed by atoms with Gasteiger partial charge in [0.1, 0.15) is 12.2 Å². The average molecular weight is 597 g/mol. The molecule has 1 aromatic rings. The maximum absolute atomic E-state index is 14.4. The molecule has 0 unspecified atom stereocenters. The first-order chi connectivity index (χ1) is 20.0. The minimum absolute atomic E-state index is 0.0399. The molecule has 10 nitrogen and oxygen atoms in total. The van der Waals surface area contributed by atoms with Crippen molar-refractivity contribution in [3.63, 3.8) is 0 Å². The smallest absolute Gasteiger partial charge is 0.338 e. The zero-order valence-corrected chi connectivity index (χ0v) is 25.7. The predicted octanol–water partition coefficient (Wildman–Crippen LogP) is 4.35. The number of ketones is 2. The van der Waals surface area contributed by atoms with Crippen molar-refractivity contribution in [3.8, 4) is 0 Å². The van der Waals surface area contributed by atoms with Gasteiger partial charge in [-0.3, -0.25) is 24.0 Å². The summed E-state index contributed by atoms with van der Waals surface area (Å²) in [5, 5.41) is 0. The molecule has 0 heterocycles. The number of carbonyl (C=O) groups is 6. The van der Waals surface area contributed by atoms with Crippen molar-refractivity contribution in [2.75, 3.05) is 0 Å². The number of ether oxygens (including phenoxy) is 4. The van der Waals surface area contributed by atoms with Gasteiger partial charge in [-0.1, -0.05) is 50.8 Å². The van der Waals surface area contributed by atoms with Gasteiger partial charge in [-0.15, -0.1) is 0 Å². The van der Waals surface area contributed by atoms with Gasteiger partial charge in [0.25, 0.3) is 0 Å². The molecule has 0 radical (unpaired) electrons. The maximum atomic E-state index is 14.4. The van der Waals surface area contributed by atoms with Crippen molar-refractivity contribution in [2.24, 2.45) is 23.2 Å². The SMILES string of the molecule is C=C1C[C@@H](OC(C)=O)C(=O)C(C)(C)/C=C/[C@H](C)C(=O)[C@@]2(OC(C)=O)C[C@@H](C)[C@H](OC(=O)c3ccccc3)[C@@H]2[C@H]1OC(C)=O. The van der Waals surface area contributed by atoms with Crippen LogP contribution in [0.25, 0.3) is 0 Å². The number of hydrogen-bond donors (Lipinski definition) is 0. The lowest BCUT2D eigenvalue weighted by Crippen LogP contribution is -2.56. The minimum atomic E-state index is -1.90. The second-order valence-electron chi connectivity index (χ2n) is 12.0. The monoisotopic (exact) mass is 596 g/mol. The van der Waals surface area contributed by atoms with E-state index in [9.17, 15) is 28.8 Å². The van der Waals surface area contributed by atoms with Gasteiger partial charge < -0.3 is 18.9 Å². The second-order valence-corrected chi connectivity index (χ2v) is 12.0. The number of allylic oxidation sites excluding steroid dienone is 2. The quantitative estimate of drug-likeness (QED) is 0.274. The molecule has 2 aliphatic rings. The summed E-state index contributed by atoms with van der Waals surface area (Å²) in [5.74, 6) is -6.55. The third-order valence-corrected chi connectivity index (χ3v) is 7.99. The van der Waals surface area contributed by atoms with Crippen LogP contribution in [-0.4, -0.2) is 59.4 Å². The maximum Gasteiger partial charge on any atom is 0.338 e. The molecule has 0 aliphatic heterocycles. The van der Waals surface area contributed by atoms with Crippen molar-refractivity contribution < 1.29 is 47.7 Å². The van der Waals surface area contributed by atoms with Gasteiger partial charge in [0.05, 0.1) is 11.5 Å². The molecular formula is C33H40O10. The molecule has 0 spiro atoms. The van der Waals surface area contributed by atoms with Crippen molar-refractivity contribution in [2.45, 2.75) is 85.2 Å². The van der Waals surface area contributed by atoms with Gasteiger partial charge in [0, 0.05) is 44.9 Å². The lowest BCUT2D eigenvalue weighted by molar-refractivity contribution is -0.182. The van der Waals surface area contributed by atoms with Crippen LogP contribution in [0.15, 0.2) is 54.6 Å². The summed E-state index contributed by atoms with van der Waals surface area (Å²) in [7, 11) is 0. The molecule has 0 amide bonds. The second kappa shape index (κ2) is 13.1. The summed E-state index contributed by atoms with van der Waals surface area (Å²) in [5.41, 5.74) is -2.70. The highest BCUT2D eigenvalue weighted by Gasteiger charge is 2.65. The first-order valence-corrected chi connectivity index (χ1v) is 14.3. The number of hydrogen-bond acceptors (Lipinski definition) is 10. The molecule has 1 saturated carbocycles. The number of benzene rings is 1. The number of carbonyl (C=O) groups excluding carboxylic acids is 6. The highest BCUT2D eigenvalue weighted by molar-refractivity contribution is 5.95. The molecule has 2 aliphatic carbocycles. The van der Waals surface area contributed by atoms with E-state index in [2.05, 4.69) is 6.58 Å². The molecule has 7 atom stereocenters. The molecule has 10 heteroatoms. The van der Waals surface area contributed by atoms with E-state index in [1.807, 2.05) is 0 Å². The van der Waals surface area contributed by atoms with Crippen LogP contribution < -0.4 is 0 Å². The van der Waals surface area contributed by atoms with E-state index in [1.54, 1.807) is 70.2 Å². The van der Waals surface area contributed by atoms with E-state index in [0.29, 0.717) is 0 Å². The van der Waals surface area contributed by atoms with Gasteiger partial charge in [0.2, 0.25) is 0 Å². The van der Waals surface area contributed by atoms with Gasteiger partial charge in [-0.25, -0.2) is 4.79 Å². The first-order valence-electron chi connectivity index (χ1n) is 14.3. The Morgan fingerprint density at radius 3 is 2.02 bits per heavy atom. The molecule has 3 rings (SSSR count). The third-order valence-electron chi connectivity index (χ3n) is 7.99. The Labute approximate surface area is 251 Å². The first kappa shape index (κ1) is 33.4. The topological polar surface area (TPSA) is 139 Å². The van der Waals surface area contributed by atoms with Crippen LogP contribution in [0.4, 0.5) is 0 Å². The number of rotatable bonds is 5. The van der Waals surface area contributed by atoms with Crippen molar-refractivity contribution in [1.82, 2.24) is 0 Å². The molecule has 232 valence electrons. The zero-order valence-electron chi connectivity index (χ0n) is 25.7. The van der Waals surface area contributed by atoms with Crippen LogP contribution in [0.3, 0.4) is 0 Å². The summed E-state index contributed by atoms with van der Waals surface area (Å²) in [6, 6.07) is 8.22. The van der Waals surface area contributed by atoms with E-state index in [1.165, 1.54) is 6.92 Å². The summed E-state index contributed by atoms with van der Waals surface area (Å²) >= 11 is 0. The van der Waals surface area contributed by atoms with Gasteiger partial charge in [-0.2, -0.15) is 0 Å². The molecule has 0 aromatic heterocycles. The van der Waals surface area contributed by atoms with Gasteiger partial charge in [-0.05, 0) is 37.5 Å². The van der Waals surface area contributed by atoms with Crippen LogP contribution >= 0.6 is 0 Å². The fourth-order valence-corrected chi connectivity index (χ4v) is 6.09. The standard InChI is InChI=1S/C33H40O10/c1-18-14-15-32(7,8)30(38)25(40-21(4)34)16-19(2)27(41-22(5)35)26-28(42-31(39)24-12-10-9-11-13-24)20(3)17-33(26,29(18)37)43-23(6)36/h9-15,18,20,25-28H,2,16-17H2,1,3-8H3/b15-14+/t18-,20+,25+,26-,27-,28-,33+/m0/s1. The van der Waals surface area contributed by atoms with Crippen molar-refractivity contribution in [1.29, 1.82) is 0 Å². The average Bonchev–Trinajstić information content (AvgIpc) is 3.18. The molecular weight excluding hydrogens is 556 g/mol. The largest absolute Gasteiger partial charge is 0.458 e. The van der Waals surface area contributed by atoms with E-state index < -0.39 is 82.5 Å². The molecule has 1 aromatic carbocycles. The molecule has 0 N–H and O–H groups in total. The number of Topliss-reactive ketones (excluding diaryl/α,β-unsaturated/α-hetero) is 2.